The van der Waals surface area contributed by atoms with Gasteiger partial charge in [0.05, 0.1) is 55.5 Å². The maximum absolute atomic E-state index is 14.2. The Labute approximate surface area is 396 Å². The molecule has 0 fully saturated rings. The lowest BCUT2D eigenvalue weighted by molar-refractivity contribution is -0.684. The van der Waals surface area contributed by atoms with Crippen molar-refractivity contribution in [3.05, 3.63) is 169 Å². The molecule has 0 bridgehead atoms. The van der Waals surface area contributed by atoms with Crippen molar-refractivity contribution in [3.8, 4) is 0 Å². The maximum atomic E-state index is 14.2. The van der Waals surface area contributed by atoms with Crippen LogP contribution in [0.25, 0.3) is 0 Å². The van der Waals surface area contributed by atoms with E-state index in [9.17, 15) is 127 Å². The van der Waals surface area contributed by atoms with Gasteiger partial charge in [0, 0.05) is 0 Å². The van der Waals surface area contributed by atoms with Crippen LogP contribution in [0.4, 0.5) is 127 Å². The highest BCUT2D eigenvalue weighted by atomic mass is 32.1. The van der Waals surface area contributed by atoms with Crippen LogP contribution in [0.15, 0.2) is 89.9 Å². The van der Waals surface area contributed by atoms with E-state index in [2.05, 4.69) is 0 Å². The van der Waals surface area contributed by atoms with Gasteiger partial charge in [0.15, 0.2) is 36.0 Å². The molecular formula is C42H17BF29NS. The molecule has 6 rings (SSSR count). The number of thiazole rings is 1. The number of hydrogen-bond acceptors (Lipinski definition) is 1. The highest BCUT2D eigenvalue weighted by molar-refractivity contribution is 7.20. The number of nitrogens with zero attached hydrogens (tertiary/aromatic N) is 1. The van der Waals surface area contributed by atoms with Gasteiger partial charge in [-0.25, -0.2) is 22.0 Å². The number of benzene rings is 5. The van der Waals surface area contributed by atoms with Gasteiger partial charge in [-0.3, -0.25) is 0 Å². The third-order valence-corrected chi connectivity index (χ3v) is 11.3. The van der Waals surface area contributed by atoms with Crippen LogP contribution in [-0.4, -0.2) is 6.15 Å². The van der Waals surface area contributed by atoms with Crippen LogP contribution in [0, 0.1) is 29.1 Å². The molecule has 0 atom stereocenters. The molecule has 0 N–H and O–H groups in total. The van der Waals surface area contributed by atoms with Gasteiger partial charge in [-0.2, -0.15) is 132 Å². The molecule has 0 amide bonds. The zero-order chi connectivity index (χ0) is 56.5. The van der Waals surface area contributed by atoms with Crippen LogP contribution < -0.4 is 26.4 Å². The van der Waals surface area contributed by atoms with Gasteiger partial charge in [-0.05, 0) is 24.3 Å². The topological polar surface area (TPSA) is 3.88 Å². The van der Waals surface area contributed by atoms with Gasteiger partial charge in [0.2, 0.25) is 11.3 Å². The minimum Gasteiger partial charge on any atom is -0.203 e. The summed E-state index contributed by atoms with van der Waals surface area (Å²) in [5, 5.41) is 1.62. The van der Waals surface area contributed by atoms with E-state index in [1.165, 1.54) is 27.6 Å². The lowest BCUT2D eigenvalue weighted by atomic mass is 9.12. The minimum atomic E-state index is -6.13. The van der Waals surface area contributed by atoms with Crippen molar-refractivity contribution in [1.29, 1.82) is 0 Å². The lowest BCUT2D eigenvalue weighted by Gasteiger charge is -2.46. The predicted molar refractivity (Wildman–Crippen MR) is 200 cm³/mol. The quantitative estimate of drug-likeness (QED) is 0.0514. The van der Waals surface area contributed by atoms with Crippen LogP contribution in [0.2, 0.25) is 0 Å². The molecule has 0 aliphatic heterocycles. The Bertz CT molecular complexity index is 2560. The third kappa shape index (κ3) is 12.5. The molecule has 402 valence electrons. The molecule has 1 heterocycles. The number of alkyl halides is 24. The summed E-state index contributed by atoms with van der Waals surface area (Å²) in [5.41, 5.74) is -29.5. The first-order chi connectivity index (χ1) is 33.3. The highest BCUT2D eigenvalue weighted by Gasteiger charge is 2.47. The van der Waals surface area contributed by atoms with Crippen molar-refractivity contribution in [1.82, 2.24) is 0 Å². The third-order valence-electron chi connectivity index (χ3n) is 10.6. The van der Waals surface area contributed by atoms with Crippen LogP contribution in [0.3, 0.4) is 0 Å². The van der Waals surface area contributed by atoms with E-state index < -0.39 is 236 Å². The second kappa shape index (κ2) is 19.5. The summed E-state index contributed by atoms with van der Waals surface area (Å²) in [5.74, 6) is -9.57. The Hall–Kier alpha value is -6.24. The van der Waals surface area contributed by atoms with Gasteiger partial charge in [-0.15, -0.1) is 0 Å². The second-order valence-corrected chi connectivity index (χ2v) is 16.2. The number of rotatable bonds is 6. The van der Waals surface area contributed by atoms with Crippen LogP contribution in [0.1, 0.15) is 50.1 Å². The summed E-state index contributed by atoms with van der Waals surface area (Å²) in [7, 11) is 0. The molecule has 1 nitrogen and oxygen atoms in total. The zero-order valence-electron chi connectivity index (χ0n) is 34.8. The van der Waals surface area contributed by atoms with Crippen LogP contribution in [-0.2, 0) is 56.0 Å². The largest absolute Gasteiger partial charge is 0.416 e. The van der Waals surface area contributed by atoms with E-state index in [-0.39, 0.29) is 0 Å². The molecule has 0 aliphatic rings. The van der Waals surface area contributed by atoms with Crippen molar-refractivity contribution in [2.24, 2.45) is 0 Å². The zero-order valence-corrected chi connectivity index (χ0v) is 35.6. The Morgan fingerprint density at radius 2 is 0.514 bits per heavy atom. The average molecular weight is 1130 g/mol. The molecular weight excluding hydrogens is 1110 g/mol. The normalized spacial score (nSPS) is 13.5. The van der Waals surface area contributed by atoms with E-state index in [1.807, 2.05) is 0 Å². The molecule has 1 aromatic heterocycles. The number of aromatic nitrogens is 1. The summed E-state index contributed by atoms with van der Waals surface area (Å²) in [6.45, 7) is -0.407. The molecule has 6 aromatic rings. The van der Waals surface area contributed by atoms with Gasteiger partial charge in [0.25, 0.3) is 0 Å². The summed E-state index contributed by atoms with van der Waals surface area (Å²) < 4.78 is 407. The molecule has 0 saturated heterocycles. The molecule has 32 heteroatoms. The first-order valence-electron chi connectivity index (χ1n) is 19.1. The fraction of sp³-hybridized carbons (Fsp3) is 0.214. The van der Waals surface area contributed by atoms with E-state index in [0.717, 1.165) is 0 Å². The second-order valence-electron chi connectivity index (χ2n) is 15.5. The summed E-state index contributed by atoms with van der Waals surface area (Å²) >= 11 is 1.24. The van der Waals surface area contributed by atoms with E-state index in [4.69, 9.17) is 0 Å². The van der Waals surface area contributed by atoms with Crippen LogP contribution >= 0.6 is 11.3 Å². The van der Waals surface area contributed by atoms with E-state index in [1.54, 1.807) is 5.38 Å². The van der Waals surface area contributed by atoms with Gasteiger partial charge in [-0.1, -0.05) is 59.9 Å². The first kappa shape index (κ1) is 58.7. The Morgan fingerprint density at radius 1 is 0.311 bits per heavy atom. The molecule has 0 spiro atoms. The average Bonchev–Trinajstić information content (AvgIpc) is 3.78. The molecule has 0 aliphatic carbocycles. The van der Waals surface area contributed by atoms with Crippen molar-refractivity contribution < 1.29 is 132 Å². The van der Waals surface area contributed by atoms with Crippen molar-refractivity contribution in [3.63, 3.8) is 0 Å². The smallest absolute Gasteiger partial charge is 0.203 e. The summed E-state index contributed by atoms with van der Waals surface area (Å²) in [4.78, 5) is 0. The Kier molecular flexibility index (Phi) is 15.4. The predicted octanol–water partition coefficient (Wildman–Crippen LogP) is 14.0. The van der Waals surface area contributed by atoms with Crippen molar-refractivity contribution in [2.75, 3.05) is 0 Å². The SMILES string of the molecule is FC(F)(F)c1cc([B-](c2cc(C(F)(F)F)cc(C(F)(F)F)c2)(c2cc(C(F)(F)F)cc(C(F)(F)F)c2)c2cc(C(F)(F)F)cc(C(F)(F)F)c2)cc(C(F)(F)F)c1.Fc1c(F)c(F)c(C[n+]2ccsc2)c(F)c1F. The standard InChI is InChI=1S/C32H12BF24.C10H5F5NS/c34-25(35,36)13-1-14(26(37,38)39)6-21(5-13)33(22-7-15(27(40,41)42)2-16(8-22)28(43,44)45,23-9-17(29(46,47)48)3-18(10-23)30(49,50)51)24-11-19(31(52,53)54)4-20(12-24)32(55,56)57;11-6-5(3-16-1-2-17-4-16)7(12)9(14)10(15)8(6)13/h1-12H;1-2,4H,3H2/q-1;+1. The molecule has 0 saturated carbocycles. The van der Waals surface area contributed by atoms with E-state index >= 15 is 0 Å². The van der Waals surface area contributed by atoms with Gasteiger partial charge < -0.3 is 0 Å². The Balaban J connectivity index is 0.000000500. The summed E-state index contributed by atoms with van der Waals surface area (Å²) in [6.07, 6.45) is -53.3. The molecule has 0 radical (unpaired) electrons. The lowest BCUT2D eigenvalue weighted by Crippen LogP contribution is -2.75. The maximum Gasteiger partial charge on any atom is 0.416 e. The van der Waals surface area contributed by atoms with E-state index in [0.29, 0.717) is 0 Å². The van der Waals surface area contributed by atoms with Crippen molar-refractivity contribution >= 4 is 39.3 Å². The van der Waals surface area contributed by atoms with Crippen LogP contribution in [0.5, 0.6) is 0 Å². The Morgan fingerprint density at radius 3 is 0.689 bits per heavy atom. The van der Waals surface area contributed by atoms with Gasteiger partial charge in [0.1, 0.15) is 6.15 Å². The molecule has 74 heavy (non-hydrogen) atoms. The van der Waals surface area contributed by atoms with Gasteiger partial charge >= 0.3 is 49.4 Å². The summed E-state index contributed by atoms with van der Waals surface area (Å²) in [6, 6.07) is -8.81. The molecule has 0 unspecified atom stereocenters. The minimum absolute atomic E-state index is 0.407. The monoisotopic (exact) mass is 1130 g/mol. The fourth-order valence-electron chi connectivity index (χ4n) is 7.39. The first-order valence-corrected chi connectivity index (χ1v) is 20.0. The number of hydrogen-bond donors (Lipinski definition) is 0. The highest BCUT2D eigenvalue weighted by Crippen LogP contribution is 2.41. The van der Waals surface area contributed by atoms with Crippen molar-refractivity contribution in [2.45, 2.75) is 56.0 Å². The fourth-order valence-corrected chi connectivity index (χ4v) is 7.99. The number of halogens is 29. The molecule has 5 aromatic carbocycles.